The zero-order valence-electron chi connectivity index (χ0n) is 16.4. The molecule has 6 nitrogen and oxygen atoms in total. The number of hydrogen-bond acceptors (Lipinski definition) is 4. The maximum atomic E-state index is 13.1. The molecule has 0 aliphatic carbocycles. The number of hydrogen-bond donors (Lipinski definition) is 1. The van der Waals surface area contributed by atoms with Crippen LogP contribution in [-0.4, -0.2) is 21.8 Å². The number of ether oxygens (including phenoxy) is 1. The van der Waals surface area contributed by atoms with Gasteiger partial charge in [-0.15, -0.1) is 5.10 Å². The van der Waals surface area contributed by atoms with Gasteiger partial charge in [-0.25, -0.2) is 4.39 Å². The van der Waals surface area contributed by atoms with E-state index in [1.165, 1.54) is 42.0 Å². The molecular formula is C22H22FN3O3. The fourth-order valence-electron chi connectivity index (χ4n) is 2.65. The van der Waals surface area contributed by atoms with Crippen LogP contribution >= 0.6 is 0 Å². The van der Waals surface area contributed by atoms with E-state index in [0.29, 0.717) is 17.3 Å². The molecule has 0 saturated heterocycles. The molecule has 0 bridgehead atoms. The molecule has 0 aliphatic heterocycles. The van der Waals surface area contributed by atoms with Gasteiger partial charge in [-0.1, -0.05) is 26.0 Å². The highest BCUT2D eigenvalue weighted by molar-refractivity contribution is 5.94. The standard InChI is InChI=1S/C22H22FN3O3/c1-14(2)16-4-8-18(9-5-16)24-22(28)15(3)29-20-12-13-21(27)26(25-20)19-10-6-17(23)7-11-19/h4-15H,1-3H3,(H,24,28). The second kappa shape index (κ2) is 8.68. The molecule has 2 aromatic carbocycles. The van der Waals surface area contributed by atoms with E-state index < -0.39 is 17.5 Å². The number of benzene rings is 2. The fourth-order valence-corrected chi connectivity index (χ4v) is 2.65. The summed E-state index contributed by atoms with van der Waals surface area (Å²) in [6.45, 7) is 5.79. The molecule has 1 atom stereocenters. The van der Waals surface area contributed by atoms with Crippen LogP contribution in [0.4, 0.5) is 10.1 Å². The number of aromatic nitrogens is 2. The van der Waals surface area contributed by atoms with Crippen molar-refractivity contribution in [3.05, 3.63) is 82.4 Å². The summed E-state index contributed by atoms with van der Waals surface area (Å²) in [7, 11) is 0. The highest BCUT2D eigenvalue weighted by atomic mass is 19.1. The summed E-state index contributed by atoms with van der Waals surface area (Å²) in [6.07, 6.45) is -0.841. The third kappa shape index (κ3) is 5.07. The molecule has 0 aliphatic rings. The van der Waals surface area contributed by atoms with Gasteiger partial charge in [0.05, 0.1) is 5.69 Å². The summed E-state index contributed by atoms with van der Waals surface area (Å²) < 4.78 is 19.8. The van der Waals surface area contributed by atoms with Crippen molar-refractivity contribution in [1.82, 2.24) is 9.78 Å². The summed E-state index contributed by atoms with van der Waals surface area (Å²) in [5.41, 5.74) is 1.84. The number of amides is 1. The van der Waals surface area contributed by atoms with Crippen LogP contribution in [0.2, 0.25) is 0 Å². The molecule has 1 N–H and O–H groups in total. The zero-order valence-corrected chi connectivity index (χ0v) is 16.4. The van der Waals surface area contributed by atoms with E-state index in [0.717, 1.165) is 4.68 Å². The molecule has 7 heteroatoms. The number of rotatable bonds is 6. The van der Waals surface area contributed by atoms with Gasteiger partial charge in [-0.05, 0) is 54.8 Å². The Kier molecular flexibility index (Phi) is 6.07. The maximum Gasteiger partial charge on any atom is 0.271 e. The first-order chi connectivity index (χ1) is 13.8. The summed E-state index contributed by atoms with van der Waals surface area (Å²) in [6, 6.07) is 15.6. The lowest BCUT2D eigenvalue weighted by atomic mass is 10.0. The molecule has 29 heavy (non-hydrogen) atoms. The van der Waals surface area contributed by atoms with E-state index in [4.69, 9.17) is 4.74 Å². The first-order valence-corrected chi connectivity index (χ1v) is 9.27. The van der Waals surface area contributed by atoms with Gasteiger partial charge < -0.3 is 10.1 Å². The average molecular weight is 395 g/mol. The van der Waals surface area contributed by atoms with Gasteiger partial charge >= 0.3 is 0 Å². The Morgan fingerprint density at radius 3 is 2.28 bits per heavy atom. The molecule has 0 spiro atoms. The van der Waals surface area contributed by atoms with Gasteiger partial charge in [0.15, 0.2) is 6.10 Å². The van der Waals surface area contributed by atoms with Crippen molar-refractivity contribution >= 4 is 11.6 Å². The molecular weight excluding hydrogens is 373 g/mol. The van der Waals surface area contributed by atoms with Crippen molar-refractivity contribution in [2.24, 2.45) is 0 Å². The van der Waals surface area contributed by atoms with Crippen LogP contribution in [0, 0.1) is 5.82 Å². The second-order valence-corrected chi connectivity index (χ2v) is 6.92. The quantitative estimate of drug-likeness (QED) is 0.687. The minimum Gasteiger partial charge on any atom is -0.463 e. The molecule has 1 aromatic heterocycles. The third-order valence-corrected chi connectivity index (χ3v) is 4.36. The van der Waals surface area contributed by atoms with Crippen molar-refractivity contribution in [2.75, 3.05) is 5.32 Å². The van der Waals surface area contributed by atoms with E-state index in [2.05, 4.69) is 24.3 Å². The normalized spacial score (nSPS) is 11.9. The van der Waals surface area contributed by atoms with Crippen LogP contribution < -0.4 is 15.6 Å². The van der Waals surface area contributed by atoms with E-state index >= 15 is 0 Å². The lowest BCUT2D eigenvalue weighted by Crippen LogP contribution is -2.31. The maximum absolute atomic E-state index is 13.1. The Hall–Kier alpha value is -3.48. The van der Waals surface area contributed by atoms with Gasteiger partial charge in [0, 0.05) is 17.8 Å². The van der Waals surface area contributed by atoms with E-state index in [1.807, 2.05) is 24.3 Å². The zero-order chi connectivity index (χ0) is 21.0. The Balaban J connectivity index is 1.70. The Bertz CT molecular complexity index is 1040. The highest BCUT2D eigenvalue weighted by Crippen LogP contribution is 2.17. The Labute approximate surface area is 168 Å². The predicted molar refractivity (Wildman–Crippen MR) is 109 cm³/mol. The van der Waals surface area contributed by atoms with Crippen molar-refractivity contribution in [3.63, 3.8) is 0 Å². The topological polar surface area (TPSA) is 73.2 Å². The summed E-state index contributed by atoms with van der Waals surface area (Å²) in [4.78, 5) is 24.5. The molecule has 0 radical (unpaired) electrons. The van der Waals surface area contributed by atoms with Crippen LogP contribution in [0.1, 0.15) is 32.3 Å². The summed E-state index contributed by atoms with van der Waals surface area (Å²) >= 11 is 0. The van der Waals surface area contributed by atoms with Crippen LogP contribution in [0.25, 0.3) is 5.69 Å². The Morgan fingerprint density at radius 2 is 1.66 bits per heavy atom. The molecule has 1 amide bonds. The number of anilines is 1. The minimum absolute atomic E-state index is 0.103. The van der Waals surface area contributed by atoms with Crippen LogP contribution in [-0.2, 0) is 4.79 Å². The van der Waals surface area contributed by atoms with Gasteiger partial charge in [0.1, 0.15) is 5.82 Å². The van der Waals surface area contributed by atoms with Gasteiger partial charge in [0.2, 0.25) is 5.88 Å². The molecule has 0 fully saturated rings. The monoisotopic (exact) mass is 395 g/mol. The first-order valence-electron chi connectivity index (χ1n) is 9.27. The average Bonchev–Trinajstić information content (AvgIpc) is 2.70. The van der Waals surface area contributed by atoms with Gasteiger partial charge in [-0.3, -0.25) is 9.59 Å². The highest BCUT2D eigenvalue weighted by Gasteiger charge is 2.16. The summed E-state index contributed by atoms with van der Waals surface area (Å²) in [5.74, 6) is -0.249. The number of nitrogens with zero attached hydrogens (tertiary/aromatic N) is 2. The number of halogens is 1. The number of carbonyl (C=O) groups is 1. The van der Waals surface area contributed by atoms with Crippen LogP contribution in [0.5, 0.6) is 5.88 Å². The van der Waals surface area contributed by atoms with Crippen molar-refractivity contribution in [3.8, 4) is 11.6 Å². The molecule has 150 valence electrons. The molecule has 3 rings (SSSR count). The minimum atomic E-state index is -0.841. The van der Waals surface area contributed by atoms with E-state index in [1.54, 1.807) is 6.92 Å². The summed E-state index contributed by atoms with van der Waals surface area (Å²) in [5, 5.41) is 6.90. The number of nitrogens with one attached hydrogen (secondary N) is 1. The number of carbonyl (C=O) groups excluding carboxylic acids is 1. The van der Waals surface area contributed by atoms with E-state index in [9.17, 15) is 14.0 Å². The predicted octanol–water partition coefficient (Wildman–Crippen LogP) is 3.90. The molecule has 1 unspecified atom stereocenters. The van der Waals surface area contributed by atoms with E-state index in [-0.39, 0.29) is 11.8 Å². The fraction of sp³-hybridized carbons (Fsp3) is 0.227. The van der Waals surface area contributed by atoms with Crippen LogP contribution in [0.3, 0.4) is 0 Å². The lowest BCUT2D eigenvalue weighted by molar-refractivity contribution is -0.122. The molecule has 0 saturated carbocycles. The molecule has 3 aromatic rings. The van der Waals surface area contributed by atoms with Crippen molar-refractivity contribution < 1.29 is 13.9 Å². The lowest BCUT2D eigenvalue weighted by Gasteiger charge is -2.15. The first kappa shape index (κ1) is 20.3. The van der Waals surface area contributed by atoms with Crippen molar-refractivity contribution in [2.45, 2.75) is 32.8 Å². The van der Waals surface area contributed by atoms with Crippen LogP contribution in [0.15, 0.2) is 65.5 Å². The van der Waals surface area contributed by atoms with Gasteiger partial charge in [-0.2, -0.15) is 4.68 Å². The van der Waals surface area contributed by atoms with Gasteiger partial charge in [0.25, 0.3) is 11.5 Å². The Morgan fingerprint density at radius 1 is 1.00 bits per heavy atom. The SMILES string of the molecule is CC(Oc1ccc(=O)n(-c2ccc(F)cc2)n1)C(=O)Nc1ccc(C(C)C)cc1. The second-order valence-electron chi connectivity index (χ2n) is 6.92. The third-order valence-electron chi connectivity index (χ3n) is 4.36. The smallest absolute Gasteiger partial charge is 0.271 e. The van der Waals surface area contributed by atoms with Crippen molar-refractivity contribution in [1.29, 1.82) is 0 Å². The largest absolute Gasteiger partial charge is 0.463 e. The molecule has 1 heterocycles.